The topological polar surface area (TPSA) is 65.5 Å². The van der Waals surface area contributed by atoms with E-state index >= 15 is 0 Å². The highest BCUT2D eigenvalue weighted by Gasteiger charge is 2.42. The zero-order chi connectivity index (χ0) is 17.4. The second-order valence-corrected chi connectivity index (χ2v) is 7.66. The highest BCUT2D eigenvalue weighted by atomic mass is 16.2. The van der Waals surface area contributed by atoms with Gasteiger partial charge < -0.3 is 10.2 Å². The summed E-state index contributed by atoms with van der Waals surface area (Å²) in [7, 11) is 2.12. The number of likely N-dealkylation sites (N-methyl/N-ethyl adjacent to an activating group) is 1. The molecule has 0 aromatic carbocycles. The molecule has 134 valence electrons. The van der Waals surface area contributed by atoms with E-state index in [9.17, 15) is 9.59 Å². The lowest BCUT2D eigenvalue weighted by atomic mass is 9.86. The predicted molar refractivity (Wildman–Crippen MR) is 94.4 cm³/mol. The molecule has 1 aromatic heterocycles. The average Bonchev–Trinajstić information content (AvgIpc) is 3.01. The molecule has 6 heteroatoms. The summed E-state index contributed by atoms with van der Waals surface area (Å²) in [6.07, 6.45) is 7.18. The Hall–Kier alpha value is -1.95. The molecule has 6 nitrogen and oxygen atoms in total. The molecule has 0 saturated carbocycles. The van der Waals surface area contributed by atoms with Crippen LogP contribution in [-0.2, 0) is 17.6 Å². The van der Waals surface area contributed by atoms with E-state index in [1.54, 1.807) is 6.20 Å². The Bertz CT molecular complexity index is 705. The highest BCUT2D eigenvalue weighted by molar-refractivity contribution is 5.94. The molecule has 25 heavy (non-hydrogen) atoms. The van der Waals surface area contributed by atoms with Crippen molar-refractivity contribution in [3.8, 4) is 0 Å². The maximum Gasteiger partial charge on any atom is 0.255 e. The molecule has 2 fully saturated rings. The molecule has 1 spiro atoms. The first kappa shape index (κ1) is 16.5. The maximum absolute atomic E-state index is 13.1. The van der Waals surface area contributed by atoms with Gasteiger partial charge in [-0.2, -0.15) is 0 Å². The SMILES string of the molecule is CN1CCN(C(=O)c2cnc3c(c2)CCC3)C[C@@]12CCNC(=O)CC2. The van der Waals surface area contributed by atoms with Gasteiger partial charge in [0, 0.05) is 50.0 Å². The molecule has 1 aliphatic carbocycles. The molecule has 3 heterocycles. The number of nitrogens with one attached hydrogen (secondary N) is 1. The van der Waals surface area contributed by atoms with Crippen LogP contribution in [0.15, 0.2) is 12.3 Å². The molecule has 1 N–H and O–H groups in total. The number of pyridine rings is 1. The van der Waals surface area contributed by atoms with E-state index in [2.05, 4.69) is 22.2 Å². The third-order valence-electron chi connectivity index (χ3n) is 6.18. The summed E-state index contributed by atoms with van der Waals surface area (Å²) in [5, 5.41) is 2.96. The number of hydrogen-bond acceptors (Lipinski definition) is 4. The number of amides is 2. The minimum Gasteiger partial charge on any atom is -0.356 e. The van der Waals surface area contributed by atoms with Crippen LogP contribution in [0.1, 0.15) is 47.3 Å². The van der Waals surface area contributed by atoms with Gasteiger partial charge in [-0.3, -0.25) is 19.5 Å². The Kier molecular flexibility index (Phi) is 4.23. The Balaban J connectivity index is 1.54. The van der Waals surface area contributed by atoms with Gasteiger partial charge in [0.1, 0.15) is 0 Å². The largest absolute Gasteiger partial charge is 0.356 e. The molecular weight excluding hydrogens is 316 g/mol. The first-order valence-electron chi connectivity index (χ1n) is 9.32. The number of fused-ring (bicyclic) bond motifs is 1. The number of aromatic nitrogens is 1. The summed E-state index contributed by atoms with van der Waals surface area (Å²) in [6, 6.07) is 2.04. The number of hydrogen-bond donors (Lipinski definition) is 1. The second kappa shape index (κ2) is 6.41. The minimum atomic E-state index is -0.1000. The van der Waals surface area contributed by atoms with Crippen molar-refractivity contribution in [1.29, 1.82) is 0 Å². The molecule has 1 aromatic rings. The van der Waals surface area contributed by atoms with E-state index in [0.29, 0.717) is 25.1 Å². The summed E-state index contributed by atoms with van der Waals surface area (Å²) in [4.78, 5) is 33.6. The van der Waals surface area contributed by atoms with Crippen LogP contribution < -0.4 is 5.32 Å². The van der Waals surface area contributed by atoms with Crippen LogP contribution in [0, 0.1) is 0 Å². The summed E-state index contributed by atoms with van der Waals surface area (Å²) in [6.45, 7) is 2.95. The van der Waals surface area contributed by atoms with Crippen molar-refractivity contribution in [2.45, 2.75) is 44.1 Å². The molecule has 0 bridgehead atoms. The van der Waals surface area contributed by atoms with E-state index in [-0.39, 0.29) is 17.4 Å². The van der Waals surface area contributed by atoms with Gasteiger partial charge in [0.15, 0.2) is 0 Å². The highest BCUT2D eigenvalue weighted by Crippen LogP contribution is 2.31. The van der Waals surface area contributed by atoms with Crippen LogP contribution in [0.5, 0.6) is 0 Å². The van der Waals surface area contributed by atoms with Gasteiger partial charge in [0.05, 0.1) is 5.56 Å². The second-order valence-electron chi connectivity index (χ2n) is 7.66. The van der Waals surface area contributed by atoms with Gasteiger partial charge in [-0.1, -0.05) is 0 Å². The average molecular weight is 342 g/mol. The zero-order valence-electron chi connectivity index (χ0n) is 14.9. The first-order chi connectivity index (χ1) is 12.1. The van der Waals surface area contributed by atoms with Crippen molar-refractivity contribution in [1.82, 2.24) is 20.1 Å². The molecule has 4 rings (SSSR count). The fourth-order valence-electron chi connectivity index (χ4n) is 4.50. The van der Waals surface area contributed by atoms with Gasteiger partial charge in [-0.25, -0.2) is 0 Å². The number of carbonyl (C=O) groups is 2. The lowest BCUT2D eigenvalue weighted by Gasteiger charge is -2.49. The predicted octanol–water partition coefficient (Wildman–Crippen LogP) is 0.997. The molecule has 2 aliphatic heterocycles. The monoisotopic (exact) mass is 342 g/mol. The third kappa shape index (κ3) is 3.03. The van der Waals surface area contributed by atoms with E-state index in [4.69, 9.17) is 0 Å². The minimum absolute atomic E-state index is 0.0817. The van der Waals surface area contributed by atoms with E-state index in [0.717, 1.165) is 50.9 Å². The van der Waals surface area contributed by atoms with Gasteiger partial charge in [0.25, 0.3) is 5.91 Å². The fourth-order valence-corrected chi connectivity index (χ4v) is 4.50. The van der Waals surface area contributed by atoms with Crippen molar-refractivity contribution in [2.24, 2.45) is 0 Å². The number of piperazine rings is 1. The summed E-state index contributed by atoms with van der Waals surface area (Å²) in [5.74, 6) is 0.203. The van der Waals surface area contributed by atoms with Crippen LogP contribution in [-0.4, -0.2) is 65.4 Å². The summed E-state index contributed by atoms with van der Waals surface area (Å²) < 4.78 is 0. The van der Waals surface area contributed by atoms with Crippen LogP contribution in [0.4, 0.5) is 0 Å². The molecule has 2 saturated heterocycles. The maximum atomic E-state index is 13.1. The number of carbonyl (C=O) groups excluding carboxylic acids is 2. The lowest BCUT2D eigenvalue weighted by Crippen LogP contribution is -2.62. The quantitative estimate of drug-likeness (QED) is 0.827. The fraction of sp³-hybridized carbons (Fsp3) is 0.632. The van der Waals surface area contributed by atoms with E-state index in [1.807, 2.05) is 11.0 Å². The molecule has 2 amide bonds. The molecule has 1 atom stereocenters. The van der Waals surface area contributed by atoms with Gasteiger partial charge in [-0.05, 0) is 50.8 Å². The summed E-state index contributed by atoms with van der Waals surface area (Å²) >= 11 is 0. The normalized spacial score (nSPS) is 27.1. The van der Waals surface area contributed by atoms with Crippen LogP contribution in [0.2, 0.25) is 0 Å². The smallest absolute Gasteiger partial charge is 0.255 e. The van der Waals surface area contributed by atoms with Crippen molar-refractivity contribution >= 4 is 11.8 Å². The molecular formula is C19H26N4O2. The van der Waals surface area contributed by atoms with E-state index in [1.165, 1.54) is 5.56 Å². The number of nitrogens with zero attached hydrogens (tertiary/aromatic N) is 3. The number of aryl methyl sites for hydroxylation is 2. The van der Waals surface area contributed by atoms with Crippen LogP contribution in [0.3, 0.4) is 0 Å². The van der Waals surface area contributed by atoms with Crippen molar-refractivity contribution < 1.29 is 9.59 Å². The summed E-state index contributed by atoms with van der Waals surface area (Å²) in [5.41, 5.74) is 3.00. The zero-order valence-corrected chi connectivity index (χ0v) is 14.9. The van der Waals surface area contributed by atoms with Gasteiger partial charge in [0.2, 0.25) is 5.91 Å². The third-order valence-corrected chi connectivity index (χ3v) is 6.18. The van der Waals surface area contributed by atoms with Crippen LogP contribution in [0.25, 0.3) is 0 Å². The van der Waals surface area contributed by atoms with Gasteiger partial charge >= 0.3 is 0 Å². The van der Waals surface area contributed by atoms with Crippen molar-refractivity contribution in [3.63, 3.8) is 0 Å². The van der Waals surface area contributed by atoms with Gasteiger partial charge in [-0.15, -0.1) is 0 Å². The Morgan fingerprint density at radius 3 is 3.00 bits per heavy atom. The lowest BCUT2D eigenvalue weighted by molar-refractivity contribution is -0.121. The Labute approximate surface area is 148 Å². The Morgan fingerprint density at radius 2 is 2.12 bits per heavy atom. The molecule has 0 unspecified atom stereocenters. The first-order valence-corrected chi connectivity index (χ1v) is 9.32. The Morgan fingerprint density at radius 1 is 1.24 bits per heavy atom. The standard InChI is InChI=1S/C19H26N4O2/c1-22-9-10-23(13-19(22)6-5-17(24)20-8-7-19)18(25)15-11-14-3-2-4-16(14)21-12-15/h11-12H,2-10,13H2,1H3,(H,20,24)/t19-/m1/s1. The molecule has 0 radical (unpaired) electrons. The molecule has 3 aliphatic rings. The number of rotatable bonds is 1. The van der Waals surface area contributed by atoms with Crippen molar-refractivity contribution in [2.75, 3.05) is 33.2 Å². The van der Waals surface area contributed by atoms with Crippen LogP contribution >= 0.6 is 0 Å². The van der Waals surface area contributed by atoms with Crippen molar-refractivity contribution in [3.05, 3.63) is 29.1 Å². The van der Waals surface area contributed by atoms with E-state index < -0.39 is 0 Å².